The Balaban J connectivity index is 0.000000213. The number of hydrogen-bond acceptors (Lipinski definition) is 2. The van der Waals surface area contributed by atoms with Crippen molar-refractivity contribution in [3.63, 3.8) is 0 Å². The Morgan fingerprint density at radius 1 is 0.676 bits per heavy atom. The third-order valence-corrected chi connectivity index (χ3v) is 6.28. The van der Waals surface area contributed by atoms with E-state index >= 15 is 0 Å². The Bertz CT molecular complexity index is 1410. The molecule has 3 heteroatoms. The van der Waals surface area contributed by atoms with Crippen LogP contribution in [0.15, 0.2) is 116 Å². The molecular weight excluding hydrogens is 629 g/mol. The first kappa shape index (κ1) is 26.7. The van der Waals surface area contributed by atoms with Crippen molar-refractivity contribution in [2.24, 2.45) is 0 Å². The summed E-state index contributed by atoms with van der Waals surface area (Å²) in [6.45, 7) is 8.24. The molecule has 0 saturated carbocycles. The average molecular weight is 662 g/mol. The van der Waals surface area contributed by atoms with Crippen molar-refractivity contribution in [2.45, 2.75) is 39.0 Å². The summed E-state index contributed by atoms with van der Waals surface area (Å²) >= 11 is 0. The molecule has 1 radical (unpaired) electrons. The van der Waals surface area contributed by atoms with Gasteiger partial charge in [-0.25, -0.2) is 0 Å². The Labute approximate surface area is 236 Å². The molecule has 5 rings (SSSR count). The van der Waals surface area contributed by atoms with E-state index in [9.17, 15) is 0 Å². The molecule has 2 nitrogen and oxygen atoms in total. The second kappa shape index (κ2) is 13.2. The molecule has 0 N–H and O–H groups in total. The van der Waals surface area contributed by atoms with E-state index in [2.05, 4.69) is 78.4 Å². The normalized spacial score (nSPS) is 11.4. The van der Waals surface area contributed by atoms with Crippen molar-refractivity contribution >= 4 is 0 Å². The zero-order chi connectivity index (χ0) is 26.3. The summed E-state index contributed by atoms with van der Waals surface area (Å²) in [5.74, 6) is -0.591. The molecule has 0 aliphatic rings. The van der Waals surface area contributed by atoms with Crippen molar-refractivity contribution in [2.75, 3.05) is 0 Å². The van der Waals surface area contributed by atoms with Gasteiger partial charge in [0.2, 0.25) is 0 Å². The van der Waals surface area contributed by atoms with Crippen molar-refractivity contribution in [1.82, 2.24) is 9.97 Å². The van der Waals surface area contributed by atoms with Crippen LogP contribution in [-0.2, 0) is 25.5 Å². The fraction of sp³-hybridized carbons (Fsp3) is 0.176. The van der Waals surface area contributed by atoms with E-state index in [1.165, 1.54) is 11.1 Å². The number of nitrogens with zero attached hydrogens (tertiary/aromatic N) is 2. The molecule has 37 heavy (non-hydrogen) atoms. The summed E-state index contributed by atoms with van der Waals surface area (Å²) in [7, 11) is 0. The number of benzene rings is 3. The minimum absolute atomic E-state index is 0. The first-order chi connectivity index (χ1) is 17.7. The zero-order valence-corrected chi connectivity index (χ0v) is 24.1. The van der Waals surface area contributed by atoms with Gasteiger partial charge in [-0.1, -0.05) is 75.7 Å². The van der Waals surface area contributed by atoms with Crippen LogP contribution in [0, 0.1) is 12.1 Å². The molecular formula is C34H32IrN2-2. The van der Waals surface area contributed by atoms with Gasteiger partial charge in [0.25, 0.3) is 0 Å². The summed E-state index contributed by atoms with van der Waals surface area (Å²) in [5, 5.41) is 0. The van der Waals surface area contributed by atoms with Gasteiger partial charge in [0, 0.05) is 39.3 Å². The summed E-state index contributed by atoms with van der Waals surface area (Å²) in [5.41, 5.74) is 7.32. The molecule has 2 aromatic heterocycles. The average Bonchev–Trinajstić information content (AvgIpc) is 2.94. The molecule has 0 spiro atoms. The van der Waals surface area contributed by atoms with Gasteiger partial charge >= 0.3 is 0 Å². The summed E-state index contributed by atoms with van der Waals surface area (Å²) in [4.78, 5) is 8.79. The predicted molar refractivity (Wildman–Crippen MR) is 150 cm³/mol. The van der Waals surface area contributed by atoms with Crippen LogP contribution in [0.5, 0.6) is 0 Å². The molecule has 0 aliphatic carbocycles. The largest absolute Gasteiger partial charge is 0.305 e. The Morgan fingerprint density at radius 3 is 1.76 bits per heavy atom. The van der Waals surface area contributed by atoms with Crippen LogP contribution in [-0.4, -0.2) is 9.97 Å². The van der Waals surface area contributed by atoms with Gasteiger partial charge in [-0.2, -0.15) is 0 Å². The van der Waals surface area contributed by atoms with Gasteiger partial charge in [-0.3, -0.25) is 0 Å². The fourth-order valence-electron chi connectivity index (χ4n) is 3.98. The van der Waals surface area contributed by atoms with Gasteiger partial charge < -0.3 is 9.97 Å². The second-order valence-electron chi connectivity index (χ2n) is 9.40. The van der Waals surface area contributed by atoms with E-state index in [0.717, 1.165) is 28.1 Å². The molecule has 0 aliphatic heterocycles. The maximum atomic E-state index is 7.99. The van der Waals surface area contributed by atoms with Crippen molar-refractivity contribution in [3.8, 4) is 22.5 Å². The van der Waals surface area contributed by atoms with E-state index in [4.69, 9.17) is 1.37 Å². The molecule has 0 saturated heterocycles. The monoisotopic (exact) mass is 662 g/mol. The third kappa shape index (κ3) is 7.32. The van der Waals surface area contributed by atoms with Gasteiger partial charge in [-0.05, 0) is 40.5 Å². The van der Waals surface area contributed by atoms with Crippen LogP contribution in [0.1, 0.15) is 51.7 Å². The van der Waals surface area contributed by atoms with Crippen LogP contribution in [0.3, 0.4) is 0 Å². The smallest absolute Gasteiger partial charge is 0.0346 e. The number of hydrogen-bond donors (Lipinski definition) is 0. The van der Waals surface area contributed by atoms with E-state index in [1.54, 1.807) is 6.20 Å². The predicted octanol–water partition coefficient (Wildman–Crippen LogP) is 8.54. The first-order valence-electron chi connectivity index (χ1n) is 12.7. The van der Waals surface area contributed by atoms with Crippen molar-refractivity contribution in [1.29, 1.82) is 0 Å². The molecule has 0 atom stereocenters. The second-order valence-corrected chi connectivity index (χ2v) is 9.40. The van der Waals surface area contributed by atoms with Gasteiger partial charge in [-0.15, -0.1) is 71.8 Å². The van der Waals surface area contributed by atoms with E-state index in [1.807, 2.05) is 80.7 Å². The molecule has 0 unspecified atom stereocenters. The first-order valence-corrected chi connectivity index (χ1v) is 12.2. The topological polar surface area (TPSA) is 25.8 Å². The van der Waals surface area contributed by atoms with Gasteiger partial charge in [0.15, 0.2) is 0 Å². The Hall–Kier alpha value is -3.39. The maximum Gasteiger partial charge on any atom is 0.0346 e. The Morgan fingerprint density at radius 2 is 1.22 bits per heavy atom. The number of pyridine rings is 2. The van der Waals surface area contributed by atoms with E-state index in [0.29, 0.717) is 0 Å². The molecule has 0 fully saturated rings. The van der Waals surface area contributed by atoms with Crippen LogP contribution in [0.25, 0.3) is 22.5 Å². The van der Waals surface area contributed by atoms with Crippen molar-refractivity contribution < 1.29 is 21.5 Å². The van der Waals surface area contributed by atoms with Crippen LogP contribution in [0.4, 0.5) is 0 Å². The third-order valence-electron chi connectivity index (χ3n) is 6.28. The molecule has 0 amide bonds. The minimum Gasteiger partial charge on any atom is -0.305 e. The summed E-state index contributed by atoms with van der Waals surface area (Å²) in [6.07, 6.45) is 3.64. The molecule has 2 heterocycles. The van der Waals surface area contributed by atoms with Crippen LogP contribution < -0.4 is 0 Å². The van der Waals surface area contributed by atoms with Crippen LogP contribution >= 0.6 is 0 Å². The quantitative estimate of drug-likeness (QED) is 0.177. The van der Waals surface area contributed by atoms with Gasteiger partial charge in [0.1, 0.15) is 0 Å². The van der Waals surface area contributed by atoms with Gasteiger partial charge in [0.05, 0.1) is 0 Å². The van der Waals surface area contributed by atoms with Crippen LogP contribution in [0.2, 0.25) is 0 Å². The molecule has 0 bridgehead atoms. The number of rotatable bonds is 5. The number of aromatic nitrogens is 2. The standard InChI is InChI=1S/C20H18N.C14H14N.Ir/c1-20(2,17-11-7-4-8-12-17)18-13-14-21-19(15-18)16-9-5-3-6-10-16;1-11(2)13-8-9-15-14(10-13)12-6-4-3-5-7-12;/h3-9,11-15H,1-2H3;3-6,8-11H,1-2H3;/q2*-1;/i;11D;. The molecule has 189 valence electrons. The van der Waals surface area contributed by atoms with E-state index < -0.39 is 5.89 Å². The Kier molecular flexibility index (Phi) is 9.54. The fourth-order valence-corrected chi connectivity index (χ4v) is 3.98. The SMILES string of the molecule is CC(C)(c1ccccc1)c1ccnc(-c2[c-]cccc2)c1.[2H]C(C)(C)c1ccnc(-c2[c-]cccc2)c1.[Ir]. The van der Waals surface area contributed by atoms with E-state index in [-0.39, 0.29) is 25.5 Å². The maximum absolute atomic E-state index is 7.99. The summed E-state index contributed by atoms with van der Waals surface area (Å²) < 4.78 is 7.99. The minimum atomic E-state index is -0.591. The molecule has 5 aromatic rings. The van der Waals surface area contributed by atoms with Crippen molar-refractivity contribution in [3.05, 3.63) is 144 Å². The molecule has 3 aromatic carbocycles. The zero-order valence-electron chi connectivity index (χ0n) is 22.7. The summed E-state index contributed by atoms with van der Waals surface area (Å²) in [6, 6.07) is 40.8.